The number of carbonyl (C=O) groups is 2. The van der Waals surface area contributed by atoms with E-state index in [2.05, 4.69) is 6.92 Å². The maximum atomic E-state index is 13.0. The zero-order valence-electron chi connectivity index (χ0n) is 14.5. The molecule has 5 heteroatoms. The first kappa shape index (κ1) is 17.4. The Labute approximate surface area is 146 Å². The van der Waals surface area contributed by atoms with Gasteiger partial charge in [0.1, 0.15) is 11.5 Å². The van der Waals surface area contributed by atoms with E-state index >= 15 is 0 Å². The molecule has 2 N–H and O–H groups in total. The van der Waals surface area contributed by atoms with Crippen LogP contribution >= 0.6 is 0 Å². The van der Waals surface area contributed by atoms with Gasteiger partial charge in [-0.25, -0.2) is 0 Å². The van der Waals surface area contributed by atoms with Gasteiger partial charge in [-0.1, -0.05) is 25.5 Å². The lowest BCUT2D eigenvalue weighted by Gasteiger charge is -2.25. The van der Waals surface area contributed by atoms with E-state index < -0.39 is 18.2 Å². The molecule has 25 heavy (non-hydrogen) atoms. The number of hydrogen-bond acceptors (Lipinski definition) is 5. The molecule has 0 bridgehead atoms. The molecule has 0 saturated heterocycles. The molecule has 1 unspecified atom stereocenters. The Hall–Kier alpha value is -2.40. The van der Waals surface area contributed by atoms with Gasteiger partial charge in [0.05, 0.1) is 24.9 Å². The summed E-state index contributed by atoms with van der Waals surface area (Å²) in [6.07, 6.45) is 3.41. The van der Waals surface area contributed by atoms with E-state index in [9.17, 15) is 19.8 Å². The summed E-state index contributed by atoms with van der Waals surface area (Å²) in [6, 6.07) is 4.79. The van der Waals surface area contributed by atoms with Crippen molar-refractivity contribution in [2.75, 3.05) is 13.7 Å². The van der Waals surface area contributed by atoms with E-state index in [1.54, 1.807) is 18.2 Å². The molecular formula is C20H22O5. The summed E-state index contributed by atoms with van der Waals surface area (Å²) in [6.45, 7) is 1.49. The van der Waals surface area contributed by atoms with Crippen molar-refractivity contribution in [3.05, 3.63) is 51.8 Å². The lowest BCUT2D eigenvalue weighted by molar-refractivity contribution is 0.0956. The highest BCUT2D eigenvalue weighted by Crippen LogP contribution is 2.38. The van der Waals surface area contributed by atoms with Crippen LogP contribution in [0.15, 0.2) is 40.7 Å². The SMILES string of the molecule is COc1cccc2c1C(=O)C(CO)=C(/C(O)=C1\CCCC(C)C1)C2=O. The summed E-state index contributed by atoms with van der Waals surface area (Å²) >= 11 is 0. The summed E-state index contributed by atoms with van der Waals surface area (Å²) in [5.74, 6) is -0.339. The minimum absolute atomic E-state index is 0.0580. The predicted molar refractivity (Wildman–Crippen MR) is 93.1 cm³/mol. The molecule has 0 radical (unpaired) electrons. The summed E-state index contributed by atoms with van der Waals surface area (Å²) in [7, 11) is 1.42. The van der Waals surface area contributed by atoms with E-state index in [0.717, 1.165) is 18.4 Å². The van der Waals surface area contributed by atoms with E-state index in [1.165, 1.54) is 7.11 Å². The lowest BCUT2D eigenvalue weighted by Crippen LogP contribution is -2.26. The van der Waals surface area contributed by atoms with Gasteiger partial charge in [0.25, 0.3) is 0 Å². The normalized spacial score (nSPS) is 22.8. The van der Waals surface area contributed by atoms with Crippen LogP contribution in [0.25, 0.3) is 0 Å². The summed E-state index contributed by atoms with van der Waals surface area (Å²) in [4.78, 5) is 25.8. The van der Waals surface area contributed by atoms with Crippen LogP contribution in [0.3, 0.4) is 0 Å². The average molecular weight is 342 g/mol. The Morgan fingerprint density at radius 2 is 2.04 bits per heavy atom. The fourth-order valence-corrected chi connectivity index (χ4v) is 3.74. The van der Waals surface area contributed by atoms with Gasteiger partial charge in [0, 0.05) is 11.1 Å². The molecule has 2 aliphatic carbocycles. The first-order valence-corrected chi connectivity index (χ1v) is 8.51. The number of fused-ring (bicyclic) bond motifs is 1. The number of aliphatic hydroxyl groups excluding tert-OH is 2. The molecule has 1 atom stereocenters. The number of hydrogen-bond donors (Lipinski definition) is 2. The van der Waals surface area contributed by atoms with Crippen LogP contribution in [-0.4, -0.2) is 35.5 Å². The summed E-state index contributed by atoms with van der Waals surface area (Å²) in [5.41, 5.74) is 1.01. The fraction of sp³-hybridized carbons (Fsp3) is 0.400. The van der Waals surface area contributed by atoms with Gasteiger partial charge in [-0.05, 0) is 36.8 Å². The van der Waals surface area contributed by atoms with Crippen LogP contribution < -0.4 is 4.74 Å². The molecule has 0 aromatic heterocycles. The first-order valence-electron chi connectivity index (χ1n) is 8.51. The Bertz CT molecular complexity index is 800. The van der Waals surface area contributed by atoms with E-state index in [4.69, 9.17) is 4.74 Å². The molecule has 0 heterocycles. The van der Waals surface area contributed by atoms with Crippen molar-refractivity contribution < 1.29 is 24.5 Å². The molecule has 3 rings (SSSR count). The zero-order valence-corrected chi connectivity index (χ0v) is 14.5. The van der Waals surface area contributed by atoms with Crippen LogP contribution in [0, 0.1) is 5.92 Å². The highest BCUT2D eigenvalue weighted by molar-refractivity contribution is 6.29. The molecule has 0 spiro atoms. The van der Waals surface area contributed by atoms with Crippen LogP contribution in [0.1, 0.15) is 53.3 Å². The maximum absolute atomic E-state index is 13.0. The van der Waals surface area contributed by atoms with Crippen molar-refractivity contribution in [2.45, 2.75) is 32.6 Å². The number of allylic oxidation sites excluding steroid dienone is 2. The zero-order chi connectivity index (χ0) is 18.1. The molecule has 1 fully saturated rings. The highest BCUT2D eigenvalue weighted by Gasteiger charge is 2.36. The fourth-order valence-electron chi connectivity index (χ4n) is 3.74. The van der Waals surface area contributed by atoms with Crippen molar-refractivity contribution in [2.24, 2.45) is 5.92 Å². The smallest absolute Gasteiger partial charge is 0.198 e. The molecule has 1 aromatic carbocycles. The van der Waals surface area contributed by atoms with Gasteiger partial charge >= 0.3 is 0 Å². The van der Waals surface area contributed by atoms with Crippen LogP contribution in [0.2, 0.25) is 0 Å². The second kappa shape index (κ2) is 6.84. The largest absolute Gasteiger partial charge is 0.507 e. The molecule has 0 aliphatic heterocycles. The van der Waals surface area contributed by atoms with Crippen molar-refractivity contribution in [1.82, 2.24) is 0 Å². The van der Waals surface area contributed by atoms with E-state index in [1.807, 2.05) is 0 Å². The number of Topliss-reactive ketones (excluding diaryl/α,β-unsaturated/α-hetero) is 2. The Morgan fingerprint density at radius 1 is 1.28 bits per heavy atom. The van der Waals surface area contributed by atoms with Gasteiger partial charge in [-0.3, -0.25) is 9.59 Å². The third kappa shape index (κ3) is 2.89. The molecule has 1 aromatic rings. The summed E-state index contributed by atoms with van der Waals surface area (Å²) < 4.78 is 5.20. The van der Waals surface area contributed by atoms with Crippen molar-refractivity contribution >= 4 is 11.6 Å². The second-order valence-electron chi connectivity index (χ2n) is 6.71. The maximum Gasteiger partial charge on any atom is 0.198 e. The third-order valence-electron chi connectivity index (χ3n) is 5.02. The quantitative estimate of drug-likeness (QED) is 0.823. The molecule has 5 nitrogen and oxygen atoms in total. The number of ketones is 2. The standard InChI is InChI=1S/C20H22O5/c1-11-5-3-6-12(9-11)18(22)17-14(10-21)20(24)16-13(19(17)23)7-4-8-15(16)25-2/h4,7-8,11,21-22H,3,5-6,9-10H2,1-2H3/b18-12-. The number of methoxy groups -OCH3 is 1. The minimum atomic E-state index is -0.607. The first-order chi connectivity index (χ1) is 12.0. The number of rotatable bonds is 3. The monoisotopic (exact) mass is 342 g/mol. The lowest BCUT2D eigenvalue weighted by atomic mass is 9.79. The number of aliphatic hydroxyl groups is 2. The third-order valence-corrected chi connectivity index (χ3v) is 5.02. The second-order valence-corrected chi connectivity index (χ2v) is 6.71. The predicted octanol–water partition coefficient (Wildman–Crippen LogP) is 3.39. The van der Waals surface area contributed by atoms with Crippen LogP contribution in [-0.2, 0) is 0 Å². The van der Waals surface area contributed by atoms with E-state index in [-0.39, 0.29) is 28.0 Å². The molecule has 1 saturated carbocycles. The van der Waals surface area contributed by atoms with Gasteiger partial charge in [0.2, 0.25) is 0 Å². The molecule has 2 aliphatic rings. The van der Waals surface area contributed by atoms with Crippen LogP contribution in [0.5, 0.6) is 5.75 Å². The minimum Gasteiger partial charge on any atom is -0.507 e. The Kier molecular flexibility index (Phi) is 4.77. The molecule has 132 valence electrons. The van der Waals surface area contributed by atoms with E-state index in [0.29, 0.717) is 24.5 Å². The Balaban J connectivity index is 2.18. The van der Waals surface area contributed by atoms with Crippen molar-refractivity contribution in [1.29, 1.82) is 0 Å². The van der Waals surface area contributed by atoms with Crippen molar-refractivity contribution in [3.8, 4) is 5.75 Å². The number of ether oxygens (including phenoxy) is 1. The average Bonchev–Trinajstić information content (AvgIpc) is 2.63. The highest BCUT2D eigenvalue weighted by atomic mass is 16.5. The number of benzene rings is 1. The van der Waals surface area contributed by atoms with Crippen molar-refractivity contribution in [3.63, 3.8) is 0 Å². The molecular weight excluding hydrogens is 320 g/mol. The topological polar surface area (TPSA) is 83.8 Å². The van der Waals surface area contributed by atoms with Gasteiger partial charge in [-0.15, -0.1) is 0 Å². The van der Waals surface area contributed by atoms with Crippen LogP contribution in [0.4, 0.5) is 0 Å². The van der Waals surface area contributed by atoms with Gasteiger partial charge < -0.3 is 14.9 Å². The van der Waals surface area contributed by atoms with Gasteiger partial charge in [0.15, 0.2) is 11.6 Å². The van der Waals surface area contributed by atoms with Gasteiger partial charge in [-0.2, -0.15) is 0 Å². The summed E-state index contributed by atoms with van der Waals surface area (Å²) in [5, 5.41) is 20.5. The molecule has 0 amide bonds. The Morgan fingerprint density at radius 3 is 2.68 bits per heavy atom. The number of carbonyl (C=O) groups excluding carboxylic acids is 2.